The molecule has 2 unspecified atom stereocenters. The molecule has 0 aliphatic carbocycles. The van der Waals surface area contributed by atoms with Crippen molar-refractivity contribution in [1.82, 2.24) is 0 Å². The van der Waals surface area contributed by atoms with Gasteiger partial charge in [-0.15, -0.1) is 0 Å². The smallest absolute Gasteiger partial charge is 0.303 e. The van der Waals surface area contributed by atoms with Gasteiger partial charge >= 0.3 is 5.97 Å². The summed E-state index contributed by atoms with van der Waals surface area (Å²) in [5.41, 5.74) is 1.01. The van der Waals surface area contributed by atoms with E-state index in [1.165, 1.54) is 6.92 Å². The van der Waals surface area contributed by atoms with Crippen molar-refractivity contribution < 1.29 is 9.53 Å². The van der Waals surface area contributed by atoms with Crippen LogP contribution in [0.25, 0.3) is 0 Å². The Kier molecular flexibility index (Phi) is 4.14. The fourth-order valence-electron chi connectivity index (χ4n) is 1.25. The summed E-state index contributed by atoms with van der Waals surface area (Å²) in [6, 6.07) is 9.70. The molecule has 0 bridgehead atoms. The number of carbonyl (C=O) groups excluding carboxylic acids is 1. The van der Waals surface area contributed by atoms with E-state index < -0.39 is 0 Å². The van der Waals surface area contributed by atoms with E-state index in [9.17, 15) is 4.79 Å². The zero-order chi connectivity index (χ0) is 10.6. The zero-order valence-corrected chi connectivity index (χ0v) is 9.82. The number of esters is 1. The van der Waals surface area contributed by atoms with Crippen LogP contribution in [0.2, 0.25) is 0 Å². The van der Waals surface area contributed by atoms with Crippen molar-refractivity contribution in [3.05, 3.63) is 35.9 Å². The molecule has 0 radical (unpaired) electrons. The molecular weight excluding hydrogens is 244 g/mol. The Hall–Kier alpha value is -0.830. The van der Waals surface area contributed by atoms with Crippen LogP contribution < -0.4 is 0 Å². The third-order valence-corrected chi connectivity index (χ3v) is 2.32. The highest BCUT2D eigenvalue weighted by Gasteiger charge is 2.19. The van der Waals surface area contributed by atoms with Gasteiger partial charge in [0.25, 0.3) is 0 Å². The fraction of sp³-hybridized carbons (Fsp3) is 0.364. The molecule has 0 saturated carbocycles. The monoisotopic (exact) mass is 256 g/mol. The third kappa shape index (κ3) is 3.14. The van der Waals surface area contributed by atoms with Gasteiger partial charge in [0.15, 0.2) is 0 Å². The number of alkyl halides is 1. The van der Waals surface area contributed by atoms with Gasteiger partial charge in [-0.2, -0.15) is 0 Å². The Morgan fingerprint density at radius 3 is 2.36 bits per heavy atom. The van der Waals surface area contributed by atoms with Gasteiger partial charge in [-0.1, -0.05) is 46.3 Å². The minimum absolute atomic E-state index is 0.105. The second-order valence-electron chi connectivity index (χ2n) is 3.12. The molecule has 2 nitrogen and oxygen atoms in total. The van der Waals surface area contributed by atoms with Crippen LogP contribution in [0.4, 0.5) is 0 Å². The average molecular weight is 257 g/mol. The molecule has 1 aromatic carbocycles. The summed E-state index contributed by atoms with van der Waals surface area (Å²) in [5, 5.41) is 0. The first-order valence-electron chi connectivity index (χ1n) is 4.47. The second kappa shape index (κ2) is 5.15. The van der Waals surface area contributed by atoms with Crippen molar-refractivity contribution in [1.29, 1.82) is 0 Å². The van der Waals surface area contributed by atoms with Gasteiger partial charge in [0.2, 0.25) is 0 Å². The van der Waals surface area contributed by atoms with E-state index in [1.807, 2.05) is 37.3 Å². The SMILES string of the molecule is CC(=O)OC(c1ccccc1)C(C)Br. The van der Waals surface area contributed by atoms with Crippen molar-refractivity contribution >= 4 is 21.9 Å². The largest absolute Gasteiger partial charge is 0.456 e. The Bertz CT molecular complexity index is 295. The van der Waals surface area contributed by atoms with Gasteiger partial charge in [-0.05, 0) is 12.5 Å². The van der Waals surface area contributed by atoms with Crippen LogP contribution in [0, 0.1) is 0 Å². The molecule has 14 heavy (non-hydrogen) atoms. The molecule has 2 atom stereocenters. The first-order chi connectivity index (χ1) is 6.61. The first kappa shape index (κ1) is 11.2. The summed E-state index contributed by atoms with van der Waals surface area (Å²) in [7, 11) is 0. The highest BCUT2D eigenvalue weighted by atomic mass is 79.9. The lowest BCUT2D eigenvalue weighted by Gasteiger charge is -2.19. The Morgan fingerprint density at radius 1 is 1.36 bits per heavy atom. The molecule has 0 aromatic heterocycles. The minimum Gasteiger partial charge on any atom is -0.456 e. The molecule has 76 valence electrons. The highest BCUT2D eigenvalue weighted by Crippen LogP contribution is 2.25. The van der Waals surface area contributed by atoms with E-state index >= 15 is 0 Å². The molecule has 0 amide bonds. The number of halogens is 1. The normalized spacial score (nSPS) is 14.5. The van der Waals surface area contributed by atoms with Crippen molar-refractivity contribution in [3.63, 3.8) is 0 Å². The van der Waals surface area contributed by atoms with Gasteiger partial charge in [0, 0.05) is 6.92 Å². The number of hydrogen-bond donors (Lipinski definition) is 0. The molecule has 0 fully saturated rings. The summed E-state index contributed by atoms with van der Waals surface area (Å²) >= 11 is 3.43. The van der Waals surface area contributed by atoms with Crippen molar-refractivity contribution in [3.8, 4) is 0 Å². The molecule has 0 saturated heterocycles. The minimum atomic E-state index is -0.259. The molecule has 1 aromatic rings. The van der Waals surface area contributed by atoms with Gasteiger partial charge in [0.05, 0.1) is 4.83 Å². The zero-order valence-electron chi connectivity index (χ0n) is 8.24. The number of hydrogen-bond acceptors (Lipinski definition) is 2. The van der Waals surface area contributed by atoms with Gasteiger partial charge in [-0.3, -0.25) is 4.79 Å². The molecular formula is C11H13BrO2. The van der Waals surface area contributed by atoms with Crippen molar-refractivity contribution in [2.45, 2.75) is 24.8 Å². The predicted octanol–water partition coefficient (Wildman–Crippen LogP) is 3.07. The van der Waals surface area contributed by atoms with Crippen molar-refractivity contribution in [2.24, 2.45) is 0 Å². The molecule has 0 heterocycles. The molecule has 1 rings (SSSR count). The Morgan fingerprint density at radius 2 is 1.93 bits per heavy atom. The maximum atomic E-state index is 10.9. The Balaban J connectivity index is 2.83. The van der Waals surface area contributed by atoms with E-state index in [0.717, 1.165) is 5.56 Å². The number of rotatable bonds is 3. The van der Waals surface area contributed by atoms with E-state index in [0.29, 0.717) is 0 Å². The molecule has 0 aliphatic rings. The number of benzene rings is 1. The Labute approximate surface area is 92.4 Å². The quantitative estimate of drug-likeness (QED) is 0.614. The first-order valence-corrected chi connectivity index (χ1v) is 5.39. The predicted molar refractivity (Wildman–Crippen MR) is 59.3 cm³/mol. The van der Waals surface area contributed by atoms with Crippen LogP contribution >= 0.6 is 15.9 Å². The van der Waals surface area contributed by atoms with Gasteiger partial charge < -0.3 is 4.74 Å². The van der Waals surface area contributed by atoms with E-state index in [2.05, 4.69) is 15.9 Å². The highest BCUT2D eigenvalue weighted by molar-refractivity contribution is 9.09. The summed E-state index contributed by atoms with van der Waals surface area (Å²) in [5.74, 6) is -0.259. The average Bonchev–Trinajstić information content (AvgIpc) is 2.15. The summed E-state index contributed by atoms with van der Waals surface area (Å²) in [4.78, 5) is 11.0. The second-order valence-corrected chi connectivity index (χ2v) is 4.56. The van der Waals surface area contributed by atoms with Gasteiger partial charge in [0.1, 0.15) is 6.10 Å². The lowest BCUT2D eigenvalue weighted by molar-refractivity contribution is -0.146. The van der Waals surface area contributed by atoms with E-state index in [4.69, 9.17) is 4.74 Å². The van der Waals surface area contributed by atoms with Crippen LogP contribution in [0.15, 0.2) is 30.3 Å². The summed E-state index contributed by atoms with van der Waals surface area (Å²) < 4.78 is 5.21. The fourth-order valence-corrected chi connectivity index (χ4v) is 1.66. The summed E-state index contributed by atoms with van der Waals surface area (Å²) in [6.07, 6.45) is -0.214. The molecule has 0 N–H and O–H groups in total. The molecule has 3 heteroatoms. The van der Waals surface area contributed by atoms with E-state index in [1.54, 1.807) is 0 Å². The lowest BCUT2D eigenvalue weighted by atomic mass is 10.1. The molecule has 0 aliphatic heterocycles. The maximum Gasteiger partial charge on any atom is 0.303 e. The van der Waals surface area contributed by atoms with Gasteiger partial charge in [-0.25, -0.2) is 0 Å². The van der Waals surface area contributed by atoms with E-state index in [-0.39, 0.29) is 16.9 Å². The van der Waals surface area contributed by atoms with Crippen LogP contribution in [0.3, 0.4) is 0 Å². The van der Waals surface area contributed by atoms with Crippen LogP contribution in [0.5, 0.6) is 0 Å². The third-order valence-electron chi connectivity index (χ3n) is 1.84. The lowest BCUT2D eigenvalue weighted by Crippen LogP contribution is -2.15. The van der Waals surface area contributed by atoms with Crippen LogP contribution in [-0.2, 0) is 9.53 Å². The number of ether oxygens (including phenoxy) is 1. The summed E-state index contributed by atoms with van der Waals surface area (Å²) in [6.45, 7) is 3.38. The number of carbonyl (C=O) groups is 1. The van der Waals surface area contributed by atoms with Crippen molar-refractivity contribution in [2.75, 3.05) is 0 Å². The molecule has 0 spiro atoms. The van der Waals surface area contributed by atoms with Crippen LogP contribution in [-0.4, -0.2) is 10.8 Å². The topological polar surface area (TPSA) is 26.3 Å². The van der Waals surface area contributed by atoms with Crippen LogP contribution in [0.1, 0.15) is 25.5 Å². The standard InChI is InChI=1S/C11H13BrO2/c1-8(12)11(14-9(2)13)10-6-4-3-5-7-10/h3-8,11H,1-2H3. The maximum absolute atomic E-state index is 10.9.